The summed E-state index contributed by atoms with van der Waals surface area (Å²) in [6.45, 7) is 0. The fraction of sp³-hybridized carbons (Fsp3) is 0.0556. The van der Waals surface area contributed by atoms with Crippen molar-refractivity contribution in [2.75, 3.05) is 6.26 Å². The zero-order chi connectivity index (χ0) is 17.7. The molecule has 0 bridgehead atoms. The number of carbonyl (C=O) groups excluding carboxylic acids is 1. The zero-order valence-corrected chi connectivity index (χ0v) is 14.2. The number of aromatic nitrogens is 3. The predicted octanol–water partition coefficient (Wildman–Crippen LogP) is 2.50. The number of amides is 1. The van der Waals surface area contributed by atoms with Crippen molar-refractivity contribution in [2.45, 2.75) is 4.90 Å². The van der Waals surface area contributed by atoms with E-state index in [1.165, 1.54) is 18.6 Å². The second-order valence-electron chi connectivity index (χ2n) is 5.16. The number of hydrogen-bond donors (Lipinski definition) is 1. The molecule has 3 rings (SSSR count). The van der Waals surface area contributed by atoms with Gasteiger partial charge < -0.3 is 4.98 Å². The average molecular weight is 350 g/mol. The van der Waals surface area contributed by atoms with Crippen LogP contribution in [-0.4, -0.2) is 31.3 Å². The number of hydrogen-bond acceptors (Lipinski definition) is 4. The Morgan fingerprint density at radius 3 is 2.72 bits per heavy atom. The van der Waals surface area contributed by atoms with Crippen LogP contribution in [0.4, 0.5) is 0 Å². The Kier molecular flexibility index (Phi) is 4.73. The molecule has 1 aromatic carbocycles. The Hall–Kier alpha value is -3.24. The summed E-state index contributed by atoms with van der Waals surface area (Å²) in [6.07, 6.45) is 7.62. The topological polar surface area (TPSA) is 88.1 Å². The van der Waals surface area contributed by atoms with Gasteiger partial charge in [-0.15, -0.1) is 0 Å². The number of benzene rings is 1. The molecule has 0 radical (unpaired) electrons. The van der Waals surface area contributed by atoms with Crippen molar-refractivity contribution in [2.24, 2.45) is 4.36 Å². The lowest BCUT2D eigenvalue weighted by Crippen LogP contribution is -2.04. The van der Waals surface area contributed by atoms with Gasteiger partial charge in [-0.25, -0.2) is 9.19 Å². The first kappa shape index (κ1) is 16.6. The molecule has 1 unspecified atom stereocenters. The van der Waals surface area contributed by atoms with Crippen molar-refractivity contribution in [3.8, 4) is 11.8 Å². The molecule has 3 aromatic rings. The Balaban J connectivity index is 1.89. The minimum absolute atomic E-state index is 0.233. The van der Waals surface area contributed by atoms with E-state index in [0.29, 0.717) is 16.3 Å². The van der Waals surface area contributed by atoms with Crippen molar-refractivity contribution in [1.29, 1.82) is 0 Å². The van der Waals surface area contributed by atoms with Crippen molar-refractivity contribution >= 4 is 15.6 Å². The molecule has 1 N–H and O–H groups in total. The lowest BCUT2D eigenvalue weighted by Gasteiger charge is -2.03. The third kappa shape index (κ3) is 4.19. The van der Waals surface area contributed by atoms with E-state index in [1.54, 1.807) is 42.7 Å². The molecule has 0 saturated heterocycles. The quantitative estimate of drug-likeness (QED) is 0.719. The van der Waals surface area contributed by atoms with Gasteiger partial charge in [0.1, 0.15) is 0 Å². The van der Waals surface area contributed by atoms with Crippen LogP contribution in [0.15, 0.2) is 70.4 Å². The van der Waals surface area contributed by atoms with Crippen molar-refractivity contribution in [3.05, 3.63) is 78.1 Å². The third-order valence-electron chi connectivity index (χ3n) is 3.25. The second-order valence-corrected chi connectivity index (χ2v) is 7.42. The van der Waals surface area contributed by atoms with E-state index in [2.05, 4.69) is 31.2 Å². The monoisotopic (exact) mass is 350 g/mol. The summed E-state index contributed by atoms with van der Waals surface area (Å²) in [6, 6.07) is 10.3. The second kappa shape index (κ2) is 7.11. The summed E-state index contributed by atoms with van der Waals surface area (Å²) in [5.41, 5.74) is 0.775. The molecule has 0 spiro atoms. The number of aromatic amines is 1. The summed E-state index contributed by atoms with van der Waals surface area (Å²) in [5.74, 6) is 5.62. The van der Waals surface area contributed by atoms with E-state index >= 15 is 0 Å². The van der Waals surface area contributed by atoms with Gasteiger partial charge in [-0.1, -0.05) is 24.1 Å². The largest absolute Gasteiger partial charge is 0.338 e. The lowest BCUT2D eigenvalue weighted by atomic mass is 10.2. The highest BCUT2D eigenvalue weighted by atomic mass is 32.2. The first-order valence-electron chi connectivity index (χ1n) is 7.32. The summed E-state index contributed by atoms with van der Waals surface area (Å²) in [4.78, 5) is 23.7. The molecule has 1 amide bonds. The maximum atomic E-state index is 12.7. The first-order chi connectivity index (χ1) is 12.0. The molecule has 0 aliphatic carbocycles. The number of nitrogens with one attached hydrogen (secondary N) is 1. The van der Waals surface area contributed by atoms with Crippen LogP contribution in [0.3, 0.4) is 0 Å². The fourth-order valence-corrected chi connectivity index (χ4v) is 3.22. The maximum Gasteiger partial charge on any atom is 0.286 e. The molecule has 0 aliphatic rings. The number of imidazole rings is 1. The number of H-pyrrole nitrogens is 1. The van der Waals surface area contributed by atoms with Crippen LogP contribution < -0.4 is 0 Å². The SMILES string of the molecule is CS(=O)(=NC(=O)c1cncc(C#Cc2ncc[nH]2)c1)c1ccccc1. The van der Waals surface area contributed by atoms with E-state index in [0.717, 1.165) is 0 Å². The van der Waals surface area contributed by atoms with Crippen LogP contribution in [0.2, 0.25) is 0 Å². The van der Waals surface area contributed by atoms with Crippen LogP contribution in [0.1, 0.15) is 21.7 Å². The van der Waals surface area contributed by atoms with Gasteiger partial charge in [-0.3, -0.25) is 9.78 Å². The minimum Gasteiger partial charge on any atom is -0.338 e. The van der Waals surface area contributed by atoms with E-state index in [9.17, 15) is 9.00 Å². The molecule has 6 nitrogen and oxygen atoms in total. The van der Waals surface area contributed by atoms with Gasteiger partial charge in [0.15, 0.2) is 5.82 Å². The molecular weight excluding hydrogens is 336 g/mol. The Bertz CT molecular complexity index is 1070. The minimum atomic E-state index is -2.82. The van der Waals surface area contributed by atoms with Gasteiger partial charge in [0.25, 0.3) is 5.91 Å². The van der Waals surface area contributed by atoms with Crippen molar-refractivity contribution < 1.29 is 9.00 Å². The van der Waals surface area contributed by atoms with E-state index in [-0.39, 0.29) is 5.56 Å². The molecule has 0 fully saturated rings. The number of rotatable bonds is 2. The molecule has 0 saturated carbocycles. The Labute approximate surface area is 145 Å². The number of nitrogens with zero attached hydrogens (tertiary/aromatic N) is 3. The molecule has 0 aliphatic heterocycles. The summed E-state index contributed by atoms with van der Waals surface area (Å²) < 4.78 is 16.6. The third-order valence-corrected chi connectivity index (χ3v) is 4.91. The average Bonchev–Trinajstić information content (AvgIpc) is 3.14. The highest BCUT2D eigenvalue weighted by molar-refractivity contribution is 7.93. The van der Waals surface area contributed by atoms with Crippen LogP contribution in [0.5, 0.6) is 0 Å². The number of carbonyl (C=O) groups is 1. The van der Waals surface area contributed by atoms with Gasteiger partial charge in [0.2, 0.25) is 0 Å². The van der Waals surface area contributed by atoms with Gasteiger partial charge in [-0.2, -0.15) is 4.36 Å². The van der Waals surface area contributed by atoms with Crippen LogP contribution in [0, 0.1) is 11.8 Å². The van der Waals surface area contributed by atoms with E-state index < -0.39 is 15.6 Å². The van der Waals surface area contributed by atoms with Gasteiger partial charge in [0.05, 0.1) is 15.3 Å². The molecule has 7 heteroatoms. The van der Waals surface area contributed by atoms with Gasteiger partial charge >= 0.3 is 0 Å². The first-order valence-corrected chi connectivity index (χ1v) is 9.25. The highest BCUT2D eigenvalue weighted by Gasteiger charge is 2.11. The van der Waals surface area contributed by atoms with Gasteiger partial charge in [0, 0.05) is 41.5 Å². The normalized spacial score (nSPS) is 12.5. The smallest absolute Gasteiger partial charge is 0.286 e. The van der Waals surface area contributed by atoms with E-state index in [4.69, 9.17) is 0 Å². The van der Waals surface area contributed by atoms with Crippen LogP contribution in [0.25, 0.3) is 0 Å². The number of pyridine rings is 1. The molecule has 124 valence electrons. The summed E-state index contributed by atoms with van der Waals surface area (Å²) in [5, 5.41) is 0. The predicted molar refractivity (Wildman–Crippen MR) is 94.3 cm³/mol. The summed E-state index contributed by atoms with van der Waals surface area (Å²) >= 11 is 0. The van der Waals surface area contributed by atoms with Crippen molar-refractivity contribution in [3.63, 3.8) is 0 Å². The standard InChI is InChI=1S/C18H14N4O2S/c1-25(24,16-5-3-2-4-6-16)22-18(23)15-11-14(12-19-13-15)7-8-17-20-9-10-21-17/h2-6,9-13H,1H3,(H,20,21). The maximum absolute atomic E-state index is 12.7. The molecule has 2 aromatic heterocycles. The Morgan fingerprint density at radius 2 is 2.00 bits per heavy atom. The van der Waals surface area contributed by atoms with E-state index in [1.807, 2.05) is 6.07 Å². The lowest BCUT2D eigenvalue weighted by molar-refractivity contribution is 0.100. The van der Waals surface area contributed by atoms with Crippen molar-refractivity contribution in [1.82, 2.24) is 15.0 Å². The molecule has 25 heavy (non-hydrogen) atoms. The summed E-state index contributed by atoms with van der Waals surface area (Å²) in [7, 11) is -2.82. The van der Waals surface area contributed by atoms with Crippen LogP contribution >= 0.6 is 0 Å². The zero-order valence-electron chi connectivity index (χ0n) is 13.3. The van der Waals surface area contributed by atoms with Crippen LogP contribution in [-0.2, 0) is 9.73 Å². The highest BCUT2D eigenvalue weighted by Crippen LogP contribution is 2.13. The Morgan fingerprint density at radius 1 is 1.20 bits per heavy atom. The molecule has 1 atom stereocenters. The fourth-order valence-electron chi connectivity index (χ4n) is 2.03. The molecule has 2 heterocycles. The molecular formula is C18H14N4O2S. The van der Waals surface area contributed by atoms with Gasteiger partial charge in [-0.05, 0) is 24.1 Å².